The topological polar surface area (TPSA) is 81.6 Å². The maximum Gasteiger partial charge on any atom is 0.338 e. The standard InChI is InChI=1S/C12H16F2N2O3/c1-7(17)6-15-4-5-16-9-3-2-8(12(18)19)10(13)11(9)14/h2-3,7,15-17H,4-6H2,1H3,(H,18,19). The first-order chi connectivity index (χ1) is 8.93. The number of carbonyl (C=O) groups is 1. The number of carboxylic acids is 1. The number of rotatable bonds is 7. The fourth-order valence-electron chi connectivity index (χ4n) is 1.45. The van der Waals surface area contributed by atoms with Crippen molar-refractivity contribution in [3.63, 3.8) is 0 Å². The molecule has 0 fully saturated rings. The second-order valence-electron chi connectivity index (χ2n) is 4.07. The Labute approximate surface area is 109 Å². The number of halogens is 2. The molecular weight excluding hydrogens is 258 g/mol. The van der Waals surface area contributed by atoms with Gasteiger partial charge in [0.2, 0.25) is 0 Å². The lowest BCUT2D eigenvalue weighted by Gasteiger charge is -2.10. The van der Waals surface area contributed by atoms with Gasteiger partial charge >= 0.3 is 5.97 Å². The van der Waals surface area contributed by atoms with E-state index in [4.69, 9.17) is 10.2 Å². The van der Waals surface area contributed by atoms with Crippen molar-refractivity contribution < 1.29 is 23.8 Å². The molecule has 1 aromatic carbocycles. The van der Waals surface area contributed by atoms with Crippen LogP contribution in [0.1, 0.15) is 17.3 Å². The van der Waals surface area contributed by atoms with E-state index in [2.05, 4.69) is 10.6 Å². The van der Waals surface area contributed by atoms with Gasteiger partial charge in [-0.1, -0.05) is 0 Å². The first-order valence-electron chi connectivity index (χ1n) is 5.77. The number of hydrogen-bond donors (Lipinski definition) is 4. The molecule has 0 aromatic heterocycles. The van der Waals surface area contributed by atoms with Crippen LogP contribution in [0.25, 0.3) is 0 Å². The molecule has 0 saturated carbocycles. The summed E-state index contributed by atoms with van der Waals surface area (Å²) in [7, 11) is 0. The number of hydrogen-bond acceptors (Lipinski definition) is 4. The van der Waals surface area contributed by atoms with Crippen molar-refractivity contribution in [2.45, 2.75) is 13.0 Å². The zero-order valence-electron chi connectivity index (χ0n) is 10.4. The minimum absolute atomic E-state index is 0.0960. The summed E-state index contributed by atoms with van der Waals surface area (Å²) in [4.78, 5) is 10.6. The highest BCUT2D eigenvalue weighted by Gasteiger charge is 2.17. The lowest BCUT2D eigenvalue weighted by molar-refractivity contribution is 0.0690. The number of benzene rings is 1. The van der Waals surface area contributed by atoms with Gasteiger partial charge in [-0.2, -0.15) is 0 Å². The van der Waals surface area contributed by atoms with Gasteiger partial charge in [-0.15, -0.1) is 0 Å². The molecule has 0 bridgehead atoms. The summed E-state index contributed by atoms with van der Waals surface area (Å²) in [6, 6.07) is 2.18. The number of aliphatic hydroxyl groups excluding tert-OH is 1. The van der Waals surface area contributed by atoms with Crippen molar-refractivity contribution >= 4 is 11.7 Å². The molecule has 1 unspecified atom stereocenters. The highest BCUT2D eigenvalue weighted by molar-refractivity contribution is 5.88. The maximum atomic E-state index is 13.5. The molecule has 0 amide bonds. The largest absolute Gasteiger partial charge is 0.478 e. The van der Waals surface area contributed by atoms with E-state index < -0.39 is 29.3 Å². The smallest absolute Gasteiger partial charge is 0.338 e. The van der Waals surface area contributed by atoms with Crippen LogP contribution in [0, 0.1) is 11.6 Å². The Kier molecular flexibility index (Phi) is 5.65. The molecule has 0 aliphatic rings. The van der Waals surface area contributed by atoms with Crippen LogP contribution < -0.4 is 10.6 Å². The van der Waals surface area contributed by atoms with E-state index in [0.717, 1.165) is 6.07 Å². The highest BCUT2D eigenvalue weighted by atomic mass is 19.2. The molecule has 4 N–H and O–H groups in total. The number of anilines is 1. The third-order valence-corrected chi connectivity index (χ3v) is 2.37. The van der Waals surface area contributed by atoms with Crippen LogP contribution in [-0.2, 0) is 0 Å². The molecule has 5 nitrogen and oxygen atoms in total. The van der Waals surface area contributed by atoms with Gasteiger partial charge < -0.3 is 20.8 Å². The fraction of sp³-hybridized carbons (Fsp3) is 0.417. The minimum atomic E-state index is -1.51. The molecule has 1 atom stereocenters. The first-order valence-corrected chi connectivity index (χ1v) is 5.77. The molecule has 1 aromatic rings. The van der Waals surface area contributed by atoms with Gasteiger partial charge in [0.25, 0.3) is 0 Å². The number of carboxylic acid groups (broad SMARTS) is 1. The Bertz CT molecular complexity index is 453. The van der Waals surface area contributed by atoms with E-state index in [1.807, 2.05) is 0 Å². The Hall–Kier alpha value is -1.73. The van der Waals surface area contributed by atoms with Gasteiger partial charge in [-0.25, -0.2) is 13.6 Å². The van der Waals surface area contributed by atoms with Crippen LogP contribution in [0.15, 0.2) is 12.1 Å². The average molecular weight is 274 g/mol. The summed E-state index contributed by atoms with van der Waals surface area (Å²) in [5.74, 6) is -4.11. The third-order valence-electron chi connectivity index (χ3n) is 2.37. The fourth-order valence-corrected chi connectivity index (χ4v) is 1.45. The summed E-state index contributed by atoms with van der Waals surface area (Å²) >= 11 is 0. The molecule has 0 radical (unpaired) electrons. The monoisotopic (exact) mass is 274 g/mol. The van der Waals surface area contributed by atoms with Crippen molar-refractivity contribution in [1.29, 1.82) is 0 Å². The molecule has 0 aliphatic carbocycles. The van der Waals surface area contributed by atoms with Crippen molar-refractivity contribution in [2.24, 2.45) is 0 Å². The van der Waals surface area contributed by atoms with Crippen molar-refractivity contribution in [1.82, 2.24) is 5.32 Å². The van der Waals surface area contributed by atoms with Crippen LogP contribution in [-0.4, -0.2) is 41.9 Å². The zero-order chi connectivity index (χ0) is 14.4. The van der Waals surface area contributed by atoms with E-state index in [-0.39, 0.29) is 5.69 Å². The lowest BCUT2D eigenvalue weighted by atomic mass is 10.2. The predicted molar refractivity (Wildman–Crippen MR) is 66.4 cm³/mol. The van der Waals surface area contributed by atoms with Crippen LogP contribution in [0.3, 0.4) is 0 Å². The Morgan fingerprint density at radius 2 is 2.00 bits per heavy atom. The van der Waals surface area contributed by atoms with E-state index in [1.54, 1.807) is 6.92 Å². The molecular formula is C12H16F2N2O3. The van der Waals surface area contributed by atoms with Crippen LogP contribution >= 0.6 is 0 Å². The number of nitrogens with one attached hydrogen (secondary N) is 2. The van der Waals surface area contributed by atoms with Crippen molar-refractivity contribution in [2.75, 3.05) is 25.0 Å². The molecule has 0 heterocycles. The zero-order valence-corrected chi connectivity index (χ0v) is 10.4. The van der Waals surface area contributed by atoms with Gasteiger partial charge in [0, 0.05) is 19.6 Å². The van der Waals surface area contributed by atoms with Gasteiger partial charge in [0.05, 0.1) is 17.4 Å². The molecule has 0 saturated heterocycles. The third kappa shape index (κ3) is 4.46. The van der Waals surface area contributed by atoms with Crippen LogP contribution in [0.4, 0.5) is 14.5 Å². The van der Waals surface area contributed by atoms with E-state index >= 15 is 0 Å². The second kappa shape index (κ2) is 7.01. The van der Waals surface area contributed by atoms with Crippen LogP contribution in [0.5, 0.6) is 0 Å². The van der Waals surface area contributed by atoms with Crippen LogP contribution in [0.2, 0.25) is 0 Å². The normalized spacial score (nSPS) is 12.2. The highest BCUT2D eigenvalue weighted by Crippen LogP contribution is 2.20. The molecule has 0 spiro atoms. The lowest BCUT2D eigenvalue weighted by Crippen LogP contribution is -2.29. The summed E-state index contributed by atoms with van der Waals surface area (Å²) in [5.41, 5.74) is -0.795. The molecule has 106 valence electrons. The number of aromatic carboxylic acids is 1. The van der Waals surface area contributed by atoms with Crippen molar-refractivity contribution in [3.05, 3.63) is 29.3 Å². The summed E-state index contributed by atoms with van der Waals surface area (Å²) in [5, 5.41) is 23.1. The predicted octanol–water partition coefficient (Wildman–Crippen LogP) is 1.05. The Balaban J connectivity index is 2.56. The van der Waals surface area contributed by atoms with E-state index in [0.29, 0.717) is 19.6 Å². The van der Waals surface area contributed by atoms with Gasteiger partial charge in [-0.05, 0) is 19.1 Å². The molecule has 19 heavy (non-hydrogen) atoms. The quantitative estimate of drug-likeness (QED) is 0.559. The van der Waals surface area contributed by atoms with Crippen molar-refractivity contribution in [3.8, 4) is 0 Å². The van der Waals surface area contributed by atoms with E-state index in [1.165, 1.54) is 6.07 Å². The summed E-state index contributed by atoms with van der Waals surface area (Å²) < 4.78 is 26.8. The van der Waals surface area contributed by atoms with E-state index in [9.17, 15) is 13.6 Å². The minimum Gasteiger partial charge on any atom is -0.478 e. The second-order valence-corrected chi connectivity index (χ2v) is 4.07. The Morgan fingerprint density at radius 1 is 1.32 bits per heavy atom. The average Bonchev–Trinajstić information content (AvgIpc) is 2.33. The Morgan fingerprint density at radius 3 is 2.58 bits per heavy atom. The molecule has 1 rings (SSSR count). The molecule has 0 aliphatic heterocycles. The number of aliphatic hydroxyl groups is 1. The summed E-state index contributed by atoms with van der Waals surface area (Å²) in [6.07, 6.45) is -0.482. The van der Waals surface area contributed by atoms with Gasteiger partial charge in [-0.3, -0.25) is 0 Å². The SMILES string of the molecule is CC(O)CNCCNc1ccc(C(=O)O)c(F)c1F. The summed E-state index contributed by atoms with van der Waals surface area (Å²) in [6.45, 7) is 2.79. The first kappa shape index (κ1) is 15.3. The molecule has 7 heteroatoms. The van der Waals surface area contributed by atoms with Gasteiger partial charge in [0.15, 0.2) is 11.6 Å². The maximum absolute atomic E-state index is 13.5. The van der Waals surface area contributed by atoms with Gasteiger partial charge in [0.1, 0.15) is 0 Å².